The molecule has 2 aromatic carbocycles. The smallest absolute Gasteiger partial charge is 0.398 e. The summed E-state index contributed by atoms with van der Waals surface area (Å²) in [6, 6.07) is 13.7. The fourth-order valence-corrected chi connectivity index (χ4v) is 2.97. The van der Waals surface area contributed by atoms with E-state index in [9.17, 15) is 18.0 Å². The van der Waals surface area contributed by atoms with Crippen molar-refractivity contribution in [2.45, 2.75) is 24.4 Å². The molecule has 0 bridgehead atoms. The summed E-state index contributed by atoms with van der Waals surface area (Å²) in [6.07, 6.45) is -3.41. The highest BCUT2D eigenvalue weighted by Crippen LogP contribution is 2.32. The van der Waals surface area contributed by atoms with E-state index in [2.05, 4.69) is 10.6 Å². The number of anilines is 2. The van der Waals surface area contributed by atoms with Crippen molar-refractivity contribution < 1.29 is 22.7 Å². The Morgan fingerprint density at radius 1 is 1.07 bits per heavy atom. The zero-order valence-corrected chi connectivity index (χ0v) is 15.6. The van der Waals surface area contributed by atoms with Crippen molar-refractivity contribution in [1.82, 2.24) is 0 Å². The molecule has 0 aliphatic carbocycles. The molecule has 146 valence electrons. The molecule has 0 aliphatic rings. The van der Waals surface area contributed by atoms with Gasteiger partial charge in [-0.15, -0.1) is 11.8 Å². The molecule has 0 radical (unpaired) electrons. The first kappa shape index (κ1) is 21.0. The van der Waals surface area contributed by atoms with Crippen LogP contribution in [0.4, 0.5) is 24.5 Å². The number of rotatable bonds is 9. The predicted octanol–water partition coefficient (Wildman–Crippen LogP) is 5.18. The van der Waals surface area contributed by atoms with Crippen molar-refractivity contribution in [3.63, 3.8) is 0 Å². The lowest BCUT2D eigenvalue weighted by atomic mass is 10.3. The van der Waals surface area contributed by atoms with E-state index in [1.807, 2.05) is 13.0 Å². The van der Waals surface area contributed by atoms with Gasteiger partial charge in [0.25, 0.3) is 0 Å². The van der Waals surface area contributed by atoms with Gasteiger partial charge in [-0.3, -0.25) is 4.79 Å². The number of amides is 1. The predicted molar refractivity (Wildman–Crippen MR) is 103 cm³/mol. The molecule has 8 heteroatoms. The van der Waals surface area contributed by atoms with Gasteiger partial charge in [0.15, 0.2) is 0 Å². The van der Waals surface area contributed by atoms with Crippen molar-refractivity contribution in [2.24, 2.45) is 0 Å². The number of carbonyl (C=O) groups is 1. The third kappa shape index (κ3) is 7.42. The van der Waals surface area contributed by atoms with Gasteiger partial charge < -0.3 is 15.4 Å². The van der Waals surface area contributed by atoms with Gasteiger partial charge in [0.2, 0.25) is 5.91 Å². The Hall–Kier alpha value is -2.35. The van der Waals surface area contributed by atoms with Gasteiger partial charge in [-0.1, -0.05) is 31.2 Å². The minimum absolute atomic E-state index is 0.0777. The molecule has 27 heavy (non-hydrogen) atoms. The molecule has 0 atom stereocenters. The SMILES string of the molecule is CCCOc1ccccc1NC(=O)CNc1ccccc1SCC(F)(F)F. The van der Waals surface area contributed by atoms with Crippen LogP contribution >= 0.6 is 11.8 Å². The summed E-state index contributed by atoms with van der Waals surface area (Å²) < 4.78 is 42.9. The highest BCUT2D eigenvalue weighted by Gasteiger charge is 2.27. The standard InChI is InChI=1S/C19H21F3N2O2S/c1-2-11-26-16-9-5-3-7-14(16)24-18(25)12-23-15-8-4-6-10-17(15)27-13-19(20,21)22/h3-10,23H,2,11-13H2,1H3,(H,24,25). The van der Waals surface area contributed by atoms with Gasteiger partial charge in [-0.05, 0) is 30.7 Å². The summed E-state index contributed by atoms with van der Waals surface area (Å²) >= 11 is 0.682. The van der Waals surface area contributed by atoms with Crippen molar-refractivity contribution in [1.29, 1.82) is 0 Å². The van der Waals surface area contributed by atoms with Gasteiger partial charge in [0, 0.05) is 10.6 Å². The second kappa shape index (κ2) is 10.1. The summed E-state index contributed by atoms with van der Waals surface area (Å²) in [7, 11) is 0. The molecule has 0 fully saturated rings. The monoisotopic (exact) mass is 398 g/mol. The first-order chi connectivity index (χ1) is 12.9. The number of hydrogen-bond acceptors (Lipinski definition) is 4. The van der Waals surface area contributed by atoms with Crippen molar-refractivity contribution in [2.75, 3.05) is 29.5 Å². The van der Waals surface area contributed by atoms with Gasteiger partial charge in [0.1, 0.15) is 5.75 Å². The largest absolute Gasteiger partial charge is 0.491 e. The van der Waals surface area contributed by atoms with E-state index in [0.717, 1.165) is 6.42 Å². The Labute approximate surface area is 160 Å². The Kier molecular flexibility index (Phi) is 7.84. The van der Waals surface area contributed by atoms with E-state index < -0.39 is 11.9 Å². The summed E-state index contributed by atoms with van der Waals surface area (Å²) in [4.78, 5) is 12.7. The van der Waals surface area contributed by atoms with E-state index in [4.69, 9.17) is 4.74 Å². The van der Waals surface area contributed by atoms with Crippen LogP contribution in [0.25, 0.3) is 0 Å². The molecular weight excluding hydrogens is 377 g/mol. The molecule has 2 N–H and O–H groups in total. The van der Waals surface area contributed by atoms with Gasteiger partial charge in [0.05, 0.1) is 24.6 Å². The Balaban J connectivity index is 1.95. The average Bonchev–Trinajstić information content (AvgIpc) is 2.64. The van der Waals surface area contributed by atoms with Crippen LogP contribution in [0.5, 0.6) is 5.75 Å². The molecule has 2 rings (SSSR count). The molecule has 0 saturated heterocycles. The lowest BCUT2D eigenvalue weighted by Gasteiger charge is -2.14. The molecule has 2 aromatic rings. The lowest BCUT2D eigenvalue weighted by Crippen LogP contribution is -2.22. The van der Waals surface area contributed by atoms with Crippen LogP contribution in [0.1, 0.15) is 13.3 Å². The minimum Gasteiger partial charge on any atom is -0.491 e. The topological polar surface area (TPSA) is 50.4 Å². The summed E-state index contributed by atoms with van der Waals surface area (Å²) in [6.45, 7) is 2.44. The molecule has 1 amide bonds. The van der Waals surface area contributed by atoms with Crippen molar-refractivity contribution in [3.8, 4) is 5.75 Å². The maximum absolute atomic E-state index is 12.4. The fourth-order valence-electron chi connectivity index (χ4n) is 2.18. The number of para-hydroxylation sites is 3. The Bertz CT molecular complexity index is 754. The fraction of sp³-hybridized carbons (Fsp3) is 0.316. The van der Waals surface area contributed by atoms with Crippen molar-refractivity contribution >= 4 is 29.0 Å². The second-order valence-electron chi connectivity index (χ2n) is 5.65. The number of benzene rings is 2. The Morgan fingerprint density at radius 3 is 2.44 bits per heavy atom. The second-order valence-corrected chi connectivity index (χ2v) is 6.66. The zero-order chi connectivity index (χ0) is 19.7. The first-order valence-corrected chi connectivity index (χ1v) is 9.41. The summed E-state index contributed by atoms with van der Waals surface area (Å²) in [5.41, 5.74) is 1.04. The van der Waals surface area contributed by atoms with E-state index in [1.54, 1.807) is 42.5 Å². The zero-order valence-electron chi connectivity index (χ0n) is 14.8. The van der Waals surface area contributed by atoms with Crippen LogP contribution in [0, 0.1) is 0 Å². The van der Waals surface area contributed by atoms with Crippen LogP contribution in [-0.4, -0.2) is 31.0 Å². The van der Waals surface area contributed by atoms with E-state index in [0.29, 0.717) is 40.4 Å². The number of thioether (sulfide) groups is 1. The maximum Gasteiger partial charge on any atom is 0.398 e. The molecule has 0 aromatic heterocycles. The third-order valence-electron chi connectivity index (χ3n) is 3.34. The third-order valence-corrected chi connectivity index (χ3v) is 4.48. The molecule has 0 heterocycles. The number of halogens is 3. The lowest BCUT2D eigenvalue weighted by molar-refractivity contribution is -0.114. The van der Waals surface area contributed by atoms with Crippen LogP contribution < -0.4 is 15.4 Å². The van der Waals surface area contributed by atoms with E-state index >= 15 is 0 Å². The van der Waals surface area contributed by atoms with Crippen LogP contribution in [0.15, 0.2) is 53.4 Å². The van der Waals surface area contributed by atoms with Gasteiger partial charge in [-0.2, -0.15) is 13.2 Å². The number of carbonyl (C=O) groups excluding carboxylic acids is 1. The molecule has 0 saturated carbocycles. The van der Waals surface area contributed by atoms with Crippen molar-refractivity contribution in [3.05, 3.63) is 48.5 Å². The normalized spacial score (nSPS) is 11.1. The number of hydrogen-bond donors (Lipinski definition) is 2. The first-order valence-electron chi connectivity index (χ1n) is 8.43. The van der Waals surface area contributed by atoms with E-state index in [1.165, 1.54) is 0 Å². The average molecular weight is 398 g/mol. The van der Waals surface area contributed by atoms with E-state index in [-0.39, 0.29) is 12.5 Å². The Morgan fingerprint density at radius 2 is 1.74 bits per heavy atom. The van der Waals surface area contributed by atoms with Crippen LogP contribution in [-0.2, 0) is 4.79 Å². The van der Waals surface area contributed by atoms with Crippen LogP contribution in [0.3, 0.4) is 0 Å². The summed E-state index contributed by atoms with van der Waals surface area (Å²) in [5.74, 6) is -0.730. The van der Waals surface area contributed by atoms with Gasteiger partial charge >= 0.3 is 6.18 Å². The molecular formula is C19H21F3N2O2S. The highest BCUT2D eigenvalue weighted by atomic mass is 32.2. The number of ether oxygens (including phenoxy) is 1. The minimum atomic E-state index is -4.25. The van der Waals surface area contributed by atoms with Gasteiger partial charge in [-0.25, -0.2) is 0 Å². The number of alkyl halides is 3. The quantitative estimate of drug-likeness (QED) is 0.572. The maximum atomic E-state index is 12.4. The summed E-state index contributed by atoms with van der Waals surface area (Å²) in [5, 5.41) is 5.64. The molecule has 4 nitrogen and oxygen atoms in total. The molecule has 0 spiro atoms. The highest BCUT2D eigenvalue weighted by molar-refractivity contribution is 7.99. The van der Waals surface area contributed by atoms with Crippen LogP contribution in [0.2, 0.25) is 0 Å². The molecule has 0 aliphatic heterocycles. The number of nitrogens with one attached hydrogen (secondary N) is 2. The molecule has 0 unspecified atom stereocenters.